The molecular weight excluding hydrogens is 220 g/mol. The van der Waals surface area contributed by atoms with Gasteiger partial charge in [0.05, 0.1) is 0 Å². The van der Waals surface area contributed by atoms with Crippen molar-refractivity contribution in [2.75, 3.05) is 0 Å². The van der Waals surface area contributed by atoms with Crippen LogP contribution in [0.25, 0.3) is 0 Å². The molecule has 0 saturated carbocycles. The molecule has 0 heterocycles. The first-order valence-corrected chi connectivity index (χ1v) is 5.21. The van der Waals surface area contributed by atoms with Gasteiger partial charge in [-0.25, -0.2) is 0 Å². The van der Waals surface area contributed by atoms with Gasteiger partial charge in [0.2, 0.25) is 0 Å². The summed E-state index contributed by atoms with van der Waals surface area (Å²) in [5, 5.41) is 14.8. The topological polar surface area (TPSA) is 74.6 Å². The van der Waals surface area contributed by atoms with Crippen molar-refractivity contribution < 1.29 is 19.8 Å². The maximum atomic E-state index is 9.00. The van der Waals surface area contributed by atoms with E-state index in [9.17, 15) is 0 Å². The molecule has 1 aromatic carbocycles. The van der Waals surface area contributed by atoms with Crippen LogP contribution in [0.2, 0.25) is 0 Å². The molecule has 0 unspecified atom stereocenters. The van der Waals surface area contributed by atoms with Crippen molar-refractivity contribution in [3.63, 3.8) is 0 Å². The van der Waals surface area contributed by atoms with Crippen molar-refractivity contribution in [1.82, 2.24) is 0 Å². The Kier molecular flexibility index (Phi) is 11.0. The zero-order valence-electron chi connectivity index (χ0n) is 10.7. The quantitative estimate of drug-likeness (QED) is 0.791. The highest BCUT2D eigenvalue weighted by atomic mass is 16.4. The molecule has 0 aliphatic heterocycles. The van der Waals surface area contributed by atoms with Crippen LogP contribution >= 0.6 is 0 Å². The molecule has 0 spiro atoms. The second-order valence-electron chi connectivity index (χ2n) is 3.60. The van der Waals surface area contributed by atoms with Crippen LogP contribution in [0.3, 0.4) is 0 Å². The average Bonchev–Trinajstić information content (AvgIpc) is 2.17. The van der Waals surface area contributed by atoms with Gasteiger partial charge < -0.3 is 10.2 Å². The second-order valence-corrected chi connectivity index (χ2v) is 3.60. The van der Waals surface area contributed by atoms with E-state index in [1.165, 1.54) is 5.56 Å². The lowest BCUT2D eigenvalue weighted by Gasteiger charge is -2.01. The number of carboxylic acid groups (broad SMARTS) is 2. The molecule has 0 aliphatic rings. The Hall–Kier alpha value is -1.84. The van der Waals surface area contributed by atoms with E-state index in [-0.39, 0.29) is 0 Å². The van der Waals surface area contributed by atoms with E-state index >= 15 is 0 Å². The van der Waals surface area contributed by atoms with Gasteiger partial charge in [-0.3, -0.25) is 9.59 Å². The molecule has 96 valence electrons. The van der Waals surface area contributed by atoms with Crippen LogP contribution in [0, 0.1) is 0 Å². The first-order chi connectivity index (χ1) is 7.77. The van der Waals surface area contributed by atoms with Crippen LogP contribution in [0.5, 0.6) is 0 Å². The SMILES string of the molecule is CC(=O)O.CC(=O)O.CC(C)c1ccccc1. The predicted octanol–water partition coefficient (Wildman–Crippen LogP) is 2.99. The van der Waals surface area contributed by atoms with Gasteiger partial charge in [-0.2, -0.15) is 0 Å². The third-order valence-corrected chi connectivity index (χ3v) is 1.47. The summed E-state index contributed by atoms with van der Waals surface area (Å²) in [4.78, 5) is 18.0. The largest absolute Gasteiger partial charge is 0.481 e. The third kappa shape index (κ3) is 20.3. The lowest BCUT2D eigenvalue weighted by atomic mass is 10.0. The lowest BCUT2D eigenvalue weighted by Crippen LogP contribution is -1.83. The molecule has 0 aromatic heterocycles. The zero-order chi connectivity index (χ0) is 13.8. The van der Waals surface area contributed by atoms with Gasteiger partial charge in [-0.05, 0) is 11.5 Å². The first-order valence-electron chi connectivity index (χ1n) is 5.21. The predicted molar refractivity (Wildman–Crippen MR) is 67.2 cm³/mol. The van der Waals surface area contributed by atoms with E-state index in [4.69, 9.17) is 19.8 Å². The summed E-state index contributed by atoms with van der Waals surface area (Å²) in [6.45, 7) is 6.57. The highest BCUT2D eigenvalue weighted by Crippen LogP contribution is 2.11. The van der Waals surface area contributed by atoms with Gasteiger partial charge in [0.1, 0.15) is 0 Å². The molecular formula is C13H20O4. The summed E-state index contributed by atoms with van der Waals surface area (Å²) in [5.41, 5.74) is 1.41. The number of carbonyl (C=O) groups is 2. The normalized spacial score (nSPS) is 8.29. The summed E-state index contributed by atoms with van der Waals surface area (Å²) in [6, 6.07) is 10.5. The Morgan fingerprint density at radius 1 is 0.941 bits per heavy atom. The van der Waals surface area contributed by atoms with Crippen molar-refractivity contribution in [2.45, 2.75) is 33.6 Å². The van der Waals surface area contributed by atoms with E-state index in [1.54, 1.807) is 0 Å². The highest BCUT2D eigenvalue weighted by Gasteiger charge is 1.93. The smallest absolute Gasteiger partial charge is 0.300 e. The maximum absolute atomic E-state index is 9.00. The van der Waals surface area contributed by atoms with Gasteiger partial charge in [0, 0.05) is 13.8 Å². The van der Waals surface area contributed by atoms with E-state index in [0.717, 1.165) is 13.8 Å². The molecule has 2 N–H and O–H groups in total. The summed E-state index contributed by atoms with van der Waals surface area (Å²) in [5.74, 6) is -1.01. The molecule has 0 amide bonds. The molecule has 4 nitrogen and oxygen atoms in total. The summed E-state index contributed by atoms with van der Waals surface area (Å²) >= 11 is 0. The molecule has 0 bridgehead atoms. The summed E-state index contributed by atoms with van der Waals surface area (Å²) in [6.07, 6.45) is 0. The Balaban J connectivity index is 0. The summed E-state index contributed by atoms with van der Waals surface area (Å²) < 4.78 is 0. The Morgan fingerprint density at radius 2 is 1.24 bits per heavy atom. The van der Waals surface area contributed by atoms with Crippen LogP contribution in [0.1, 0.15) is 39.2 Å². The lowest BCUT2D eigenvalue weighted by molar-refractivity contribution is -0.135. The van der Waals surface area contributed by atoms with Gasteiger partial charge in [0.15, 0.2) is 0 Å². The monoisotopic (exact) mass is 240 g/mol. The van der Waals surface area contributed by atoms with E-state index in [2.05, 4.69) is 38.1 Å². The number of rotatable bonds is 1. The molecule has 0 fully saturated rings. The maximum Gasteiger partial charge on any atom is 0.300 e. The highest BCUT2D eigenvalue weighted by molar-refractivity contribution is 5.63. The Labute approximate surface area is 102 Å². The molecule has 0 aliphatic carbocycles. The minimum atomic E-state index is -0.833. The van der Waals surface area contributed by atoms with Crippen LogP contribution in [0.4, 0.5) is 0 Å². The molecule has 0 radical (unpaired) electrons. The minimum Gasteiger partial charge on any atom is -0.481 e. The van der Waals surface area contributed by atoms with Gasteiger partial charge in [-0.15, -0.1) is 0 Å². The minimum absolute atomic E-state index is 0.659. The van der Waals surface area contributed by atoms with Crippen molar-refractivity contribution in [2.24, 2.45) is 0 Å². The molecule has 1 rings (SSSR count). The van der Waals surface area contributed by atoms with Crippen molar-refractivity contribution in [1.29, 1.82) is 0 Å². The van der Waals surface area contributed by atoms with Crippen LogP contribution in [-0.2, 0) is 9.59 Å². The van der Waals surface area contributed by atoms with Gasteiger partial charge in [-0.1, -0.05) is 44.2 Å². The van der Waals surface area contributed by atoms with Crippen molar-refractivity contribution >= 4 is 11.9 Å². The fraction of sp³-hybridized carbons (Fsp3) is 0.385. The number of hydrogen-bond donors (Lipinski definition) is 2. The molecule has 1 aromatic rings. The number of benzene rings is 1. The van der Waals surface area contributed by atoms with Crippen LogP contribution in [0.15, 0.2) is 30.3 Å². The average molecular weight is 240 g/mol. The Morgan fingerprint density at radius 3 is 1.41 bits per heavy atom. The van der Waals surface area contributed by atoms with E-state index in [0.29, 0.717) is 5.92 Å². The molecule has 4 heteroatoms. The molecule has 0 atom stereocenters. The van der Waals surface area contributed by atoms with Gasteiger partial charge in [0.25, 0.3) is 11.9 Å². The van der Waals surface area contributed by atoms with Crippen LogP contribution < -0.4 is 0 Å². The van der Waals surface area contributed by atoms with Crippen molar-refractivity contribution in [3.05, 3.63) is 35.9 Å². The standard InChI is InChI=1S/C9H12.2C2H4O2/c1-8(2)9-6-4-3-5-7-9;2*1-2(3)4/h3-8H,1-2H3;2*1H3,(H,3,4). The zero-order valence-corrected chi connectivity index (χ0v) is 10.7. The van der Waals surface area contributed by atoms with Crippen molar-refractivity contribution in [3.8, 4) is 0 Å². The van der Waals surface area contributed by atoms with Crippen LogP contribution in [-0.4, -0.2) is 22.2 Å². The fourth-order valence-electron chi connectivity index (χ4n) is 0.838. The number of hydrogen-bond acceptors (Lipinski definition) is 2. The number of aliphatic carboxylic acids is 2. The van der Waals surface area contributed by atoms with Gasteiger partial charge >= 0.3 is 0 Å². The Bertz CT molecular complexity index is 297. The van der Waals surface area contributed by atoms with E-state index < -0.39 is 11.9 Å². The third-order valence-electron chi connectivity index (χ3n) is 1.47. The first kappa shape index (κ1) is 17.6. The summed E-state index contributed by atoms with van der Waals surface area (Å²) in [7, 11) is 0. The fourth-order valence-corrected chi connectivity index (χ4v) is 0.838. The molecule has 17 heavy (non-hydrogen) atoms. The second kappa shape index (κ2) is 10.7. The molecule has 0 saturated heterocycles. The number of carboxylic acids is 2. The van der Waals surface area contributed by atoms with E-state index in [1.807, 2.05) is 6.07 Å².